The molecule has 2 unspecified atom stereocenters. The van der Waals surface area contributed by atoms with Crippen LogP contribution in [-0.4, -0.2) is 37.8 Å². The largest absolute Gasteiger partial charge is 0.493 e. The summed E-state index contributed by atoms with van der Waals surface area (Å²) < 4.78 is 17.8. The second kappa shape index (κ2) is 9.84. The van der Waals surface area contributed by atoms with E-state index < -0.39 is 11.8 Å². The Bertz CT molecular complexity index is 1050. The van der Waals surface area contributed by atoms with Gasteiger partial charge in [-0.05, 0) is 62.1 Å². The monoisotopic (exact) mass is 531 g/mol. The highest BCUT2D eigenvalue weighted by Gasteiger charge is 2.47. The van der Waals surface area contributed by atoms with Gasteiger partial charge >= 0.3 is 5.97 Å². The average Bonchev–Trinajstić information content (AvgIpc) is 2.77. The molecule has 1 aromatic rings. The predicted molar refractivity (Wildman–Crippen MR) is 135 cm³/mol. The minimum Gasteiger partial charge on any atom is -0.493 e. The summed E-state index contributed by atoms with van der Waals surface area (Å²) in [7, 11) is 3.16. The molecule has 184 valence electrons. The highest BCUT2D eigenvalue weighted by molar-refractivity contribution is 9.10. The quantitative estimate of drug-likeness (QED) is 0.425. The molecule has 1 aromatic carbocycles. The Kier molecular flexibility index (Phi) is 7.22. The van der Waals surface area contributed by atoms with Crippen LogP contribution in [-0.2, 0) is 14.3 Å². The molecule has 3 aliphatic rings. The van der Waals surface area contributed by atoms with Crippen LogP contribution in [0, 0.1) is 11.3 Å². The van der Waals surface area contributed by atoms with Gasteiger partial charge in [0.2, 0.25) is 0 Å². The van der Waals surface area contributed by atoms with Crippen molar-refractivity contribution in [2.75, 3.05) is 14.2 Å². The third-order valence-corrected chi connectivity index (χ3v) is 7.92. The van der Waals surface area contributed by atoms with Gasteiger partial charge in [-0.1, -0.05) is 36.2 Å². The van der Waals surface area contributed by atoms with Crippen LogP contribution in [0.3, 0.4) is 0 Å². The number of carbonyl (C=O) groups is 2. The normalized spacial score (nSPS) is 24.9. The number of aliphatic imine (C=N–C) groups is 1. The number of ether oxygens (including phenoxy) is 3. The lowest BCUT2D eigenvalue weighted by molar-refractivity contribution is -0.153. The molecule has 6 nitrogen and oxygen atoms in total. The van der Waals surface area contributed by atoms with E-state index in [-0.39, 0.29) is 23.3 Å². The summed E-state index contributed by atoms with van der Waals surface area (Å²) in [6, 6.07) is 3.70. The van der Waals surface area contributed by atoms with E-state index in [4.69, 9.17) is 19.2 Å². The first-order valence-corrected chi connectivity index (χ1v) is 12.9. The third-order valence-electron chi connectivity index (χ3n) is 7.23. The Morgan fingerprint density at radius 2 is 1.71 bits per heavy atom. The molecule has 4 rings (SSSR count). The van der Waals surface area contributed by atoms with Gasteiger partial charge in [-0.25, -0.2) is 0 Å². The molecule has 34 heavy (non-hydrogen) atoms. The topological polar surface area (TPSA) is 74.2 Å². The van der Waals surface area contributed by atoms with Crippen molar-refractivity contribution in [3.63, 3.8) is 0 Å². The number of allylic oxidation sites excluding steroid dienone is 2. The van der Waals surface area contributed by atoms with Crippen LogP contribution in [0.4, 0.5) is 0 Å². The summed E-state index contributed by atoms with van der Waals surface area (Å²) in [5, 5.41) is 0. The molecule has 0 aromatic heterocycles. The first-order chi connectivity index (χ1) is 16.1. The van der Waals surface area contributed by atoms with E-state index >= 15 is 0 Å². The summed E-state index contributed by atoms with van der Waals surface area (Å²) in [5.74, 6) is -0.299. The first-order valence-electron chi connectivity index (χ1n) is 12.1. The molecule has 1 heterocycles. The van der Waals surface area contributed by atoms with Crippen LogP contribution < -0.4 is 9.47 Å². The number of hydrogen-bond acceptors (Lipinski definition) is 6. The number of Topliss-reactive ketones (excluding diaryl/α,β-unsaturated/α-hetero) is 1. The number of benzene rings is 1. The van der Waals surface area contributed by atoms with E-state index in [9.17, 15) is 9.59 Å². The zero-order valence-corrected chi connectivity index (χ0v) is 22.3. The maximum Gasteiger partial charge on any atom is 0.315 e. The van der Waals surface area contributed by atoms with E-state index in [2.05, 4.69) is 29.8 Å². The van der Waals surface area contributed by atoms with Gasteiger partial charge in [-0.2, -0.15) is 0 Å². The summed E-state index contributed by atoms with van der Waals surface area (Å²) in [4.78, 5) is 32.0. The maximum atomic E-state index is 13.6. The van der Waals surface area contributed by atoms with E-state index in [1.807, 2.05) is 19.1 Å². The lowest BCUT2D eigenvalue weighted by atomic mass is 9.67. The Balaban J connectivity index is 1.83. The SMILES string of the molecule is COc1cc(Br)c(C2C3=C(CC(C)(C)CC3=O)N=C(C)C2C(=O)OC2CCCCC2)cc1OC. The van der Waals surface area contributed by atoms with Gasteiger partial charge < -0.3 is 14.2 Å². The molecule has 0 amide bonds. The lowest BCUT2D eigenvalue weighted by Crippen LogP contribution is -2.40. The molecule has 0 bridgehead atoms. The van der Waals surface area contributed by atoms with E-state index in [1.165, 1.54) is 6.42 Å². The smallest absolute Gasteiger partial charge is 0.315 e. The van der Waals surface area contributed by atoms with Gasteiger partial charge in [0.25, 0.3) is 0 Å². The van der Waals surface area contributed by atoms with Crippen molar-refractivity contribution < 1.29 is 23.8 Å². The fraction of sp³-hybridized carbons (Fsp3) is 0.593. The molecular weight excluding hydrogens is 498 g/mol. The second-order valence-electron chi connectivity index (χ2n) is 10.4. The molecule has 2 atom stereocenters. The highest BCUT2D eigenvalue weighted by Crippen LogP contribution is 2.50. The van der Waals surface area contributed by atoms with Crippen LogP contribution in [0.1, 0.15) is 77.2 Å². The summed E-state index contributed by atoms with van der Waals surface area (Å²) in [6.07, 6.45) is 6.15. The highest BCUT2D eigenvalue weighted by atomic mass is 79.9. The average molecular weight is 532 g/mol. The second-order valence-corrected chi connectivity index (χ2v) is 11.3. The van der Waals surface area contributed by atoms with Crippen molar-refractivity contribution >= 4 is 33.4 Å². The van der Waals surface area contributed by atoms with Crippen molar-refractivity contribution in [1.29, 1.82) is 0 Å². The number of carbonyl (C=O) groups excluding carboxylic acids is 2. The maximum absolute atomic E-state index is 13.6. The van der Waals surface area contributed by atoms with Crippen molar-refractivity contribution in [2.24, 2.45) is 16.3 Å². The molecule has 1 saturated carbocycles. The number of nitrogens with zero attached hydrogens (tertiary/aromatic N) is 1. The van der Waals surface area contributed by atoms with Gasteiger partial charge in [-0.15, -0.1) is 0 Å². The molecular formula is C27H34BrNO5. The van der Waals surface area contributed by atoms with E-state index in [0.717, 1.165) is 41.4 Å². The molecule has 1 fully saturated rings. The van der Waals surface area contributed by atoms with E-state index in [1.54, 1.807) is 14.2 Å². The van der Waals surface area contributed by atoms with Crippen LogP contribution in [0.5, 0.6) is 11.5 Å². The zero-order valence-electron chi connectivity index (χ0n) is 20.7. The fourth-order valence-corrected chi connectivity index (χ4v) is 6.18. The van der Waals surface area contributed by atoms with Crippen LogP contribution in [0.15, 0.2) is 32.9 Å². The Morgan fingerprint density at radius 1 is 1.06 bits per heavy atom. The predicted octanol–water partition coefficient (Wildman–Crippen LogP) is 6.16. The van der Waals surface area contributed by atoms with Gasteiger partial charge in [0.15, 0.2) is 17.3 Å². The number of methoxy groups -OCH3 is 2. The standard InChI is InChI=1S/C27H34BrNO5/c1-15-23(26(31)34-16-9-7-6-8-10-16)24(17-11-21(32-4)22(33-5)12-18(17)28)25-19(29-15)13-27(2,3)14-20(25)30/h11-12,16,23-24H,6-10,13-14H2,1-5H3. The van der Waals surface area contributed by atoms with Crippen molar-refractivity contribution in [3.05, 3.63) is 33.4 Å². The summed E-state index contributed by atoms with van der Waals surface area (Å²) >= 11 is 3.68. The van der Waals surface area contributed by atoms with Gasteiger partial charge in [0.1, 0.15) is 12.0 Å². The minimum atomic E-state index is -0.666. The number of ketones is 1. The van der Waals surface area contributed by atoms with Crippen molar-refractivity contribution in [3.8, 4) is 11.5 Å². The van der Waals surface area contributed by atoms with Gasteiger partial charge in [-0.3, -0.25) is 14.6 Å². The van der Waals surface area contributed by atoms with Crippen LogP contribution in [0.25, 0.3) is 0 Å². The van der Waals surface area contributed by atoms with Gasteiger partial charge in [0.05, 0.1) is 14.2 Å². The van der Waals surface area contributed by atoms with Crippen molar-refractivity contribution in [1.82, 2.24) is 0 Å². The zero-order chi connectivity index (χ0) is 24.6. The molecule has 1 aliphatic heterocycles. The summed E-state index contributed by atoms with van der Waals surface area (Å²) in [5.41, 5.74) is 2.74. The Morgan fingerprint density at radius 3 is 2.35 bits per heavy atom. The number of hydrogen-bond donors (Lipinski definition) is 0. The molecule has 7 heteroatoms. The number of halogens is 1. The van der Waals surface area contributed by atoms with Crippen LogP contribution >= 0.6 is 15.9 Å². The molecule has 2 aliphatic carbocycles. The fourth-order valence-electron chi connectivity index (χ4n) is 5.62. The van der Waals surface area contributed by atoms with Crippen LogP contribution in [0.2, 0.25) is 0 Å². The van der Waals surface area contributed by atoms with Gasteiger partial charge in [0, 0.05) is 33.8 Å². The molecule has 0 spiro atoms. The Labute approximate surface area is 210 Å². The van der Waals surface area contributed by atoms with Crippen molar-refractivity contribution in [2.45, 2.75) is 77.7 Å². The number of rotatable bonds is 5. The molecule has 0 radical (unpaired) electrons. The lowest BCUT2D eigenvalue weighted by Gasteiger charge is -2.39. The third kappa shape index (κ3) is 4.81. The first kappa shape index (κ1) is 25.0. The number of esters is 1. The molecule has 0 N–H and O–H groups in total. The minimum absolute atomic E-state index is 0.0460. The molecule has 0 saturated heterocycles. The summed E-state index contributed by atoms with van der Waals surface area (Å²) in [6.45, 7) is 6.05. The Hall–Kier alpha value is -2.15. The van der Waals surface area contributed by atoms with E-state index in [0.29, 0.717) is 35.6 Å².